The van der Waals surface area contributed by atoms with Crippen molar-refractivity contribution in [3.63, 3.8) is 0 Å². The Morgan fingerprint density at radius 2 is 1.45 bits per heavy atom. The van der Waals surface area contributed by atoms with Crippen molar-refractivity contribution in [2.24, 2.45) is 0 Å². The molecule has 0 saturated carbocycles. The van der Waals surface area contributed by atoms with Gasteiger partial charge in [-0.1, -0.05) is 51.7 Å². The van der Waals surface area contributed by atoms with Crippen molar-refractivity contribution in [3.8, 4) is 11.5 Å². The van der Waals surface area contributed by atoms with Crippen LogP contribution in [-0.2, 0) is 4.79 Å². The Hall–Kier alpha value is -2.69. The van der Waals surface area contributed by atoms with Gasteiger partial charge in [0.25, 0.3) is 0 Å². The summed E-state index contributed by atoms with van der Waals surface area (Å²) in [7, 11) is 0. The summed E-state index contributed by atoms with van der Waals surface area (Å²) in [5.41, 5.74) is 1.59. The third kappa shape index (κ3) is 9.37. The molecule has 0 heterocycles. The summed E-state index contributed by atoms with van der Waals surface area (Å²) in [4.78, 5) is 12.3. The molecule has 2 aromatic carbocycles. The topological polar surface area (TPSA) is 59.6 Å². The molecule has 5 nitrogen and oxygen atoms in total. The van der Waals surface area contributed by atoms with E-state index in [2.05, 4.69) is 24.5 Å². The van der Waals surface area contributed by atoms with Crippen LogP contribution >= 0.6 is 0 Å². The molecule has 5 heteroatoms. The molecular weight excluding hydrogens is 364 g/mol. The van der Waals surface area contributed by atoms with Gasteiger partial charge < -0.3 is 20.1 Å². The normalized spacial score (nSPS) is 10.4. The van der Waals surface area contributed by atoms with E-state index in [4.69, 9.17) is 9.47 Å². The minimum absolute atomic E-state index is 0.110. The highest BCUT2D eigenvalue weighted by Crippen LogP contribution is 2.19. The fraction of sp³-hybridized carbons (Fsp3) is 0.458. The smallest absolute Gasteiger partial charge is 0.243 e. The maximum Gasteiger partial charge on any atom is 0.243 e. The number of rotatable bonds is 14. The van der Waals surface area contributed by atoms with Crippen molar-refractivity contribution in [1.82, 2.24) is 0 Å². The largest absolute Gasteiger partial charge is 0.494 e. The SMILES string of the molecule is CCCCCCCOc1cccc(NC(=O)CNc2cccc(OCCC)c2)c1. The zero-order valence-electron chi connectivity index (χ0n) is 17.7. The molecule has 0 spiro atoms. The fourth-order valence-electron chi connectivity index (χ4n) is 2.86. The number of anilines is 2. The van der Waals surface area contributed by atoms with E-state index >= 15 is 0 Å². The number of carbonyl (C=O) groups excluding carboxylic acids is 1. The molecule has 0 aromatic heterocycles. The van der Waals surface area contributed by atoms with E-state index in [-0.39, 0.29) is 12.5 Å². The molecule has 0 atom stereocenters. The van der Waals surface area contributed by atoms with Crippen molar-refractivity contribution in [2.45, 2.75) is 52.4 Å². The van der Waals surface area contributed by atoms with Crippen LogP contribution in [0.15, 0.2) is 48.5 Å². The van der Waals surface area contributed by atoms with E-state index < -0.39 is 0 Å². The second-order valence-electron chi connectivity index (χ2n) is 7.07. The summed E-state index contributed by atoms with van der Waals surface area (Å²) in [6, 6.07) is 15.2. The van der Waals surface area contributed by atoms with Gasteiger partial charge in [-0.3, -0.25) is 4.79 Å². The summed E-state index contributed by atoms with van der Waals surface area (Å²) in [6.07, 6.45) is 7.00. The van der Waals surface area contributed by atoms with Crippen LogP contribution in [0.25, 0.3) is 0 Å². The quantitative estimate of drug-likeness (QED) is 0.390. The summed E-state index contributed by atoms with van der Waals surface area (Å²) in [5.74, 6) is 1.48. The Labute approximate surface area is 174 Å². The van der Waals surface area contributed by atoms with Crippen LogP contribution in [0.3, 0.4) is 0 Å². The molecule has 0 saturated heterocycles. The average Bonchev–Trinajstić information content (AvgIpc) is 2.74. The van der Waals surface area contributed by atoms with E-state index in [1.807, 2.05) is 48.5 Å². The summed E-state index contributed by atoms with van der Waals surface area (Å²) in [6.45, 7) is 5.85. The van der Waals surface area contributed by atoms with Gasteiger partial charge in [-0.15, -0.1) is 0 Å². The Morgan fingerprint density at radius 1 is 0.793 bits per heavy atom. The minimum atomic E-state index is -0.110. The van der Waals surface area contributed by atoms with Gasteiger partial charge in [-0.05, 0) is 37.1 Å². The molecule has 0 fully saturated rings. The third-order valence-electron chi connectivity index (χ3n) is 4.39. The lowest BCUT2D eigenvalue weighted by Gasteiger charge is -2.11. The highest BCUT2D eigenvalue weighted by atomic mass is 16.5. The first-order valence-corrected chi connectivity index (χ1v) is 10.7. The average molecular weight is 399 g/mol. The van der Waals surface area contributed by atoms with Gasteiger partial charge >= 0.3 is 0 Å². The third-order valence-corrected chi connectivity index (χ3v) is 4.39. The van der Waals surface area contributed by atoms with Crippen LogP contribution in [0, 0.1) is 0 Å². The van der Waals surface area contributed by atoms with Crippen molar-refractivity contribution in [1.29, 1.82) is 0 Å². The Morgan fingerprint density at radius 3 is 2.17 bits per heavy atom. The maximum absolute atomic E-state index is 12.3. The molecule has 158 valence electrons. The lowest BCUT2D eigenvalue weighted by Crippen LogP contribution is -2.21. The van der Waals surface area contributed by atoms with Crippen molar-refractivity contribution < 1.29 is 14.3 Å². The number of carbonyl (C=O) groups is 1. The zero-order chi connectivity index (χ0) is 20.7. The second-order valence-corrected chi connectivity index (χ2v) is 7.07. The van der Waals surface area contributed by atoms with Crippen LogP contribution in [0.2, 0.25) is 0 Å². The van der Waals surface area contributed by atoms with Crippen LogP contribution in [-0.4, -0.2) is 25.7 Å². The van der Waals surface area contributed by atoms with E-state index in [1.54, 1.807) is 0 Å². The number of unbranched alkanes of at least 4 members (excludes halogenated alkanes) is 4. The van der Waals surface area contributed by atoms with E-state index in [1.165, 1.54) is 25.7 Å². The van der Waals surface area contributed by atoms with Gasteiger partial charge in [0, 0.05) is 23.5 Å². The fourth-order valence-corrected chi connectivity index (χ4v) is 2.86. The van der Waals surface area contributed by atoms with Crippen LogP contribution in [0.4, 0.5) is 11.4 Å². The first-order chi connectivity index (χ1) is 14.2. The molecule has 2 N–H and O–H groups in total. The van der Waals surface area contributed by atoms with Gasteiger partial charge in [0.05, 0.1) is 19.8 Å². The monoisotopic (exact) mass is 398 g/mol. The number of ether oxygens (including phenoxy) is 2. The summed E-state index contributed by atoms with van der Waals surface area (Å²) < 4.78 is 11.4. The molecule has 1 amide bonds. The zero-order valence-corrected chi connectivity index (χ0v) is 17.7. The molecule has 0 aliphatic rings. The molecule has 0 unspecified atom stereocenters. The van der Waals surface area contributed by atoms with Crippen molar-refractivity contribution in [2.75, 3.05) is 30.4 Å². The number of hydrogen-bond acceptors (Lipinski definition) is 4. The predicted molar refractivity (Wildman–Crippen MR) is 120 cm³/mol. The maximum atomic E-state index is 12.3. The van der Waals surface area contributed by atoms with Gasteiger partial charge in [0.2, 0.25) is 5.91 Å². The van der Waals surface area contributed by atoms with Crippen LogP contribution in [0.5, 0.6) is 11.5 Å². The van der Waals surface area contributed by atoms with Crippen LogP contribution < -0.4 is 20.1 Å². The first kappa shape index (κ1) is 22.6. The Balaban J connectivity index is 1.74. The second kappa shape index (κ2) is 13.5. The van der Waals surface area contributed by atoms with E-state index in [9.17, 15) is 4.79 Å². The molecule has 2 rings (SSSR count). The lowest BCUT2D eigenvalue weighted by molar-refractivity contribution is -0.114. The molecule has 0 aliphatic heterocycles. The first-order valence-electron chi connectivity index (χ1n) is 10.7. The molecule has 0 aliphatic carbocycles. The number of amides is 1. The molecule has 2 aromatic rings. The standard InChI is InChI=1S/C24H34N2O3/c1-3-5-6-7-8-16-29-23-14-10-12-21(18-23)26-24(27)19-25-20-11-9-13-22(17-20)28-15-4-2/h9-14,17-18,25H,3-8,15-16,19H2,1-2H3,(H,26,27). The summed E-state index contributed by atoms with van der Waals surface area (Å²) >= 11 is 0. The Kier molecular flexibility index (Phi) is 10.5. The van der Waals surface area contributed by atoms with Gasteiger partial charge in [0.1, 0.15) is 11.5 Å². The summed E-state index contributed by atoms with van der Waals surface area (Å²) in [5, 5.41) is 6.04. The highest BCUT2D eigenvalue weighted by Gasteiger charge is 2.05. The molecule has 0 bridgehead atoms. The number of hydrogen-bond donors (Lipinski definition) is 2. The van der Waals surface area contributed by atoms with E-state index in [0.29, 0.717) is 13.2 Å². The van der Waals surface area contributed by atoms with Crippen molar-refractivity contribution >= 4 is 17.3 Å². The predicted octanol–water partition coefficient (Wildman–Crippen LogP) is 5.88. The van der Waals surface area contributed by atoms with Gasteiger partial charge in [-0.2, -0.15) is 0 Å². The minimum Gasteiger partial charge on any atom is -0.494 e. The molecular formula is C24H34N2O3. The molecule has 0 radical (unpaired) electrons. The van der Waals surface area contributed by atoms with Gasteiger partial charge in [0.15, 0.2) is 0 Å². The molecule has 29 heavy (non-hydrogen) atoms. The number of benzene rings is 2. The Bertz CT molecular complexity index is 734. The van der Waals surface area contributed by atoms with Crippen molar-refractivity contribution in [3.05, 3.63) is 48.5 Å². The lowest BCUT2D eigenvalue weighted by atomic mass is 10.2. The van der Waals surface area contributed by atoms with Gasteiger partial charge in [-0.25, -0.2) is 0 Å². The number of nitrogens with one attached hydrogen (secondary N) is 2. The van der Waals surface area contributed by atoms with Crippen LogP contribution in [0.1, 0.15) is 52.4 Å². The highest BCUT2D eigenvalue weighted by molar-refractivity contribution is 5.93. The van der Waals surface area contributed by atoms with E-state index in [0.717, 1.165) is 35.7 Å².